The molecule has 1 aromatic rings. The average Bonchev–Trinajstić information content (AvgIpc) is 2.42. The molecule has 1 atom stereocenters. The summed E-state index contributed by atoms with van der Waals surface area (Å²) in [6.45, 7) is 5.38. The van der Waals surface area contributed by atoms with Gasteiger partial charge in [0.15, 0.2) is 0 Å². The van der Waals surface area contributed by atoms with Crippen LogP contribution in [0.15, 0.2) is 12.1 Å². The van der Waals surface area contributed by atoms with Crippen LogP contribution in [0.4, 0.5) is 10.5 Å². The van der Waals surface area contributed by atoms with Gasteiger partial charge in [0, 0.05) is 11.1 Å². The Balaban J connectivity index is 2.88. The lowest BCUT2D eigenvalue weighted by atomic mass is 10.0. The van der Waals surface area contributed by atoms with Crippen molar-refractivity contribution < 1.29 is 14.6 Å². The number of carbonyl (C=O) groups is 1. The molecule has 0 aliphatic heterocycles. The number of anilines is 1. The molecule has 3 N–H and O–H groups in total. The number of aryl methyl sites for hydroxylation is 1. The summed E-state index contributed by atoms with van der Waals surface area (Å²) in [5.41, 5.74) is 0.713. The lowest BCUT2D eigenvalue weighted by Gasteiger charge is -2.27. The first kappa shape index (κ1) is 16.6. The average molecular weight is 301 g/mol. The van der Waals surface area contributed by atoms with Gasteiger partial charge in [-0.2, -0.15) is 0 Å². The number of carbonyl (C=O) groups excluding carboxylic acids is 1. The summed E-state index contributed by atoms with van der Waals surface area (Å²) < 4.78 is 5.19. The van der Waals surface area contributed by atoms with Gasteiger partial charge in [-0.3, -0.25) is 0 Å². The van der Waals surface area contributed by atoms with Crippen LogP contribution in [0.25, 0.3) is 0 Å². The fraction of sp³-hybridized carbons (Fsp3) is 0.500. The van der Waals surface area contributed by atoms with E-state index in [9.17, 15) is 9.90 Å². The topological polar surface area (TPSA) is 70.6 Å². The van der Waals surface area contributed by atoms with Crippen LogP contribution in [-0.4, -0.2) is 30.4 Å². The molecule has 2 amide bonds. The van der Waals surface area contributed by atoms with E-state index in [0.717, 1.165) is 5.56 Å². The van der Waals surface area contributed by atoms with E-state index < -0.39 is 11.6 Å². The standard InChI is InChI=1S/C14H21ClN2O3/c1-5-14(3,8-18)17-13(19)16-11-6-9(2)10(15)7-12(11)20-4/h6-7,18H,5,8H2,1-4H3,(H2,16,17,19). The van der Waals surface area contributed by atoms with Crippen molar-refractivity contribution in [2.75, 3.05) is 19.0 Å². The highest BCUT2D eigenvalue weighted by atomic mass is 35.5. The Labute approximate surface area is 124 Å². The molecule has 0 fully saturated rings. The van der Waals surface area contributed by atoms with Crippen molar-refractivity contribution in [2.45, 2.75) is 32.7 Å². The van der Waals surface area contributed by atoms with Gasteiger partial charge in [-0.05, 0) is 31.9 Å². The summed E-state index contributed by atoms with van der Waals surface area (Å²) in [6.07, 6.45) is 0.619. The molecule has 5 nitrogen and oxygen atoms in total. The maximum absolute atomic E-state index is 12.0. The summed E-state index contributed by atoms with van der Waals surface area (Å²) in [7, 11) is 1.51. The number of ether oxygens (including phenoxy) is 1. The highest BCUT2D eigenvalue weighted by Crippen LogP contribution is 2.30. The van der Waals surface area contributed by atoms with E-state index in [1.165, 1.54) is 7.11 Å². The van der Waals surface area contributed by atoms with Gasteiger partial charge < -0.3 is 20.5 Å². The van der Waals surface area contributed by atoms with Crippen molar-refractivity contribution in [3.8, 4) is 5.75 Å². The molecule has 1 unspecified atom stereocenters. The molecule has 1 aromatic carbocycles. The predicted octanol–water partition coefficient (Wildman–Crippen LogP) is 2.94. The Kier molecular flexibility index (Phi) is 5.65. The zero-order chi connectivity index (χ0) is 15.3. The van der Waals surface area contributed by atoms with Gasteiger partial charge in [0.1, 0.15) is 5.75 Å². The van der Waals surface area contributed by atoms with Crippen molar-refractivity contribution in [1.29, 1.82) is 0 Å². The summed E-state index contributed by atoms with van der Waals surface area (Å²) in [5.74, 6) is 0.484. The molecule has 0 saturated heterocycles. The van der Waals surface area contributed by atoms with Crippen molar-refractivity contribution in [1.82, 2.24) is 5.32 Å². The van der Waals surface area contributed by atoms with E-state index in [1.807, 2.05) is 13.8 Å². The zero-order valence-corrected chi connectivity index (χ0v) is 13.0. The molecule has 0 aliphatic rings. The van der Waals surface area contributed by atoms with Crippen LogP contribution < -0.4 is 15.4 Å². The minimum absolute atomic E-state index is 0.131. The first-order valence-corrected chi connectivity index (χ1v) is 6.77. The molecule has 0 aliphatic carbocycles. The fourth-order valence-corrected chi connectivity index (χ4v) is 1.75. The smallest absolute Gasteiger partial charge is 0.319 e. The predicted molar refractivity (Wildman–Crippen MR) is 80.7 cm³/mol. The number of nitrogens with one attached hydrogen (secondary N) is 2. The number of hydrogen-bond donors (Lipinski definition) is 3. The maximum Gasteiger partial charge on any atom is 0.319 e. The van der Waals surface area contributed by atoms with E-state index in [0.29, 0.717) is 22.9 Å². The van der Waals surface area contributed by atoms with E-state index >= 15 is 0 Å². The van der Waals surface area contributed by atoms with Crippen LogP contribution in [0.1, 0.15) is 25.8 Å². The number of aliphatic hydroxyl groups is 1. The molecule has 112 valence electrons. The Morgan fingerprint density at radius 2 is 2.15 bits per heavy atom. The third-order valence-corrected chi connectivity index (χ3v) is 3.68. The van der Waals surface area contributed by atoms with Gasteiger partial charge >= 0.3 is 6.03 Å². The second-order valence-electron chi connectivity index (χ2n) is 4.95. The molecule has 0 spiro atoms. The number of hydrogen-bond acceptors (Lipinski definition) is 3. The van der Waals surface area contributed by atoms with Crippen LogP contribution in [0.5, 0.6) is 5.75 Å². The Morgan fingerprint density at radius 1 is 1.50 bits per heavy atom. The number of halogens is 1. The quantitative estimate of drug-likeness (QED) is 0.783. The van der Waals surface area contributed by atoms with Crippen LogP contribution in [0.2, 0.25) is 5.02 Å². The minimum atomic E-state index is -0.654. The second-order valence-corrected chi connectivity index (χ2v) is 5.36. The lowest BCUT2D eigenvalue weighted by Crippen LogP contribution is -2.50. The zero-order valence-electron chi connectivity index (χ0n) is 12.2. The minimum Gasteiger partial charge on any atom is -0.495 e. The molecule has 0 saturated carbocycles. The molecular formula is C14H21ClN2O3. The molecule has 0 bridgehead atoms. The van der Waals surface area contributed by atoms with Crippen LogP contribution >= 0.6 is 11.6 Å². The largest absolute Gasteiger partial charge is 0.495 e. The van der Waals surface area contributed by atoms with Crippen LogP contribution in [0.3, 0.4) is 0 Å². The van der Waals surface area contributed by atoms with E-state index in [2.05, 4.69) is 10.6 Å². The summed E-state index contributed by atoms with van der Waals surface area (Å²) >= 11 is 6.01. The number of urea groups is 1. The second kappa shape index (κ2) is 6.81. The third-order valence-electron chi connectivity index (χ3n) is 3.27. The molecule has 0 aromatic heterocycles. The number of rotatable bonds is 5. The molecule has 0 radical (unpaired) electrons. The van der Waals surface area contributed by atoms with Crippen molar-refractivity contribution >= 4 is 23.3 Å². The Bertz CT molecular complexity index is 488. The van der Waals surface area contributed by atoms with Gasteiger partial charge in [0.25, 0.3) is 0 Å². The summed E-state index contributed by atoms with van der Waals surface area (Å²) in [4.78, 5) is 12.0. The van der Waals surface area contributed by atoms with Gasteiger partial charge in [0.05, 0.1) is 24.9 Å². The third kappa shape index (κ3) is 4.02. The number of aliphatic hydroxyl groups excluding tert-OH is 1. The van der Waals surface area contributed by atoms with Gasteiger partial charge in [-0.15, -0.1) is 0 Å². The number of amides is 2. The first-order chi connectivity index (χ1) is 9.35. The summed E-state index contributed by atoms with van der Waals surface area (Å²) in [5, 5.41) is 15.3. The van der Waals surface area contributed by atoms with Crippen molar-refractivity contribution in [3.63, 3.8) is 0 Å². The van der Waals surface area contributed by atoms with Gasteiger partial charge in [-0.1, -0.05) is 18.5 Å². The van der Waals surface area contributed by atoms with Crippen molar-refractivity contribution in [2.24, 2.45) is 0 Å². The highest BCUT2D eigenvalue weighted by Gasteiger charge is 2.23. The maximum atomic E-state index is 12.0. The lowest BCUT2D eigenvalue weighted by molar-refractivity contribution is 0.172. The first-order valence-electron chi connectivity index (χ1n) is 6.39. The van der Waals surface area contributed by atoms with Gasteiger partial charge in [0.2, 0.25) is 0 Å². The highest BCUT2D eigenvalue weighted by molar-refractivity contribution is 6.31. The summed E-state index contributed by atoms with van der Waals surface area (Å²) in [6, 6.07) is 2.99. The number of benzene rings is 1. The van der Waals surface area contributed by atoms with Gasteiger partial charge in [-0.25, -0.2) is 4.79 Å². The normalized spacial score (nSPS) is 13.5. The molecule has 1 rings (SSSR count). The van der Waals surface area contributed by atoms with Crippen molar-refractivity contribution in [3.05, 3.63) is 22.7 Å². The molecular weight excluding hydrogens is 280 g/mol. The molecule has 20 heavy (non-hydrogen) atoms. The van der Waals surface area contributed by atoms with Crippen LogP contribution in [-0.2, 0) is 0 Å². The number of methoxy groups -OCH3 is 1. The van der Waals surface area contributed by atoms with E-state index in [-0.39, 0.29) is 6.61 Å². The SMILES string of the molecule is CCC(C)(CO)NC(=O)Nc1cc(C)c(Cl)cc1OC. The molecule has 0 heterocycles. The molecule has 6 heteroatoms. The van der Waals surface area contributed by atoms with Crippen LogP contribution in [0, 0.1) is 6.92 Å². The fourth-order valence-electron chi connectivity index (χ4n) is 1.60. The van der Waals surface area contributed by atoms with E-state index in [1.54, 1.807) is 19.1 Å². The Morgan fingerprint density at radius 3 is 2.65 bits per heavy atom. The Hall–Kier alpha value is -1.46. The monoisotopic (exact) mass is 300 g/mol. The van der Waals surface area contributed by atoms with E-state index in [4.69, 9.17) is 16.3 Å².